The summed E-state index contributed by atoms with van der Waals surface area (Å²) in [4.78, 5) is 0. The van der Waals surface area contributed by atoms with E-state index >= 15 is 0 Å². The van der Waals surface area contributed by atoms with Crippen LogP contribution in [0.4, 0.5) is 0 Å². The van der Waals surface area contributed by atoms with Crippen molar-refractivity contribution in [1.82, 2.24) is 5.32 Å². The minimum atomic E-state index is -0.464. The summed E-state index contributed by atoms with van der Waals surface area (Å²) in [7, 11) is 0. The highest BCUT2D eigenvalue weighted by molar-refractivity contribution is 5.28. The van der Waals surface area contributed by atoms with E-state index in [4.69, 9.17) is 0 Å². The molecular formula is C18H21NO. The lowest BCUT2D eigenvalue weighted by atomic mass is 9.83. The molecule has 0 saturated carbocycles. The first-order valence-electron chi connectivity index (χ1n) is 7.37. The van der Waals surface area contributed by atoms with E-state index < -0.39 is 6.10 Å². The molecule has 2 aromatic carbocycles. The number of rotatable bonds is 4. The first-order chi connectivity index (χ1) is 9.86. The van der Waals surface area contributed by atoms with Crippen molar-refractivity contribution in [3.63, 3.8) is 0 Å². The summed E-state index contributed by atoms with van der Waals surface area (Å²) in [5.74, 6) is 0.112. The van der Waals surface area contributed by atoms with Gasteiger partial charge in [0.1, 0.15) is 0 Å². The fourth-order valence-electron chi connectivity index (χ4n) is 3.19. The highest BCUT2D eigenvalue weighted by Gasteiger charge is 2.32. The van der Waals surface area contributed by atoms with Crippen molar-refractivity contribution < 1.29 is 5.11 Å². The van der Waals surface area contributed by atoms with E-state index in [0.29, 0.717) is 6.04 Å². The minimum absolute atomic E-state index is 0.112. The Morgan fingerprint density at radius 1 is 0.900 bits per heavy atom. The van der Waals surface area contributed by atoms with Gasteiger partial charge in [0.05, 0.1) is 6.10 Å². The monoisotopic (exact) mass is 267 g/mol. The van der Waals surface area contributed by atoms with E-state index in [1.807, 2.05) is 36.4 Å². The van der Waals surface area contributed by atoms with Gasteiger partial charge in [-0.15, -0.1) is 0 Å². The van der Waals surface area contributed by atoms with Crippen LogP contribution in [0.1, 0.15) is 36.0 Å². The SMILES string of the molecule is O[C@@H](c1ccccc1)C(c1ccccc1)[C@@H]1CCCN1. The van der Waals surface area contributed by atoms with Crippen LogP contribution in [0.3, 0.4) is 0 Å². The van der Waals surface area contributed by atoms with Gasteiger partial charge in [0.25, 0.3) is 0 Å². The third kappa shape index (κ3) is 2.77. The third-order valence-electron chi connectivity index (χ3n) is 4.20. The van der Waals surface area contributed by atoms with Crippen LogP contribution >= 0.6 is 0 Å². The zero-order valence-electron chi connectivity index (χ0n) is 11.6. The highest BCUT2D eigenvalue weighted by Crippen LogP contribution is 2.36. The van der Waals surface area contributed by atoms with Crippen molar-refractivity contribution >= 4 is 0 Å². The molecule has 2 aromatic rings. The Bertz CT molecular complexity index is 520. The first kappa shape index (κ1) is 13.3. The molecule has 2 nitrogen and oxygen atoms in total. The van der Waals surface area contributed by atoms with Gasteiger partial charge in [-0.25, -0.2) is 0 Å². The molecule has 0 bridgehead atoms. The van der Waals surface area contributed by atoms with Gasteiger partial charge in [0, 0.05) is 12.0 Å². The Labute approximate surface area is 120 Å². The average Bonchev–Trinajstić information content (AvgIpc) is 3.03. The summed E-state index contributed by atoms with van der Waals surface area (Å²) >= 11 is 0. The fraction of sp³-hybridized carbons (Fsp3) is 0.333. The van der Waals surface area contributed by atoms with E-state index in [1.165, 1.54) is 12.0 Å². The van der Waals surface area contributed by atoms with Crippen LogP contribution in [-0.4, -0.2) is 17.7 Å². The Morgan fingerprint density at radius 3 is 2.05 bits per heavy atom. The highest BCUT2D eigenvalue weighted by atomic mass is 16.3. The first-order valence-corrected chi connectivity index (χ1v) is 7.37. The average molecular weight is 267 g/mol. The largest absolute Gasteiger partial charge is 0.388 e. The molecule has 0 radical (unpaired) electrons. The van der Waals surface area contributed by atoms with Crippen molar-refractivity contribution in [2.45, 2.75) is 30.9 Å². The van der Waals surface area contributed by atoms with Gasteiger partial charge in [-0.2, -0.15) is 0 Å². The molecule has 1 fully saturated rings. The van der Waals surface area contributed by atoms with Crippen molar-refractivity contribution in [1.29, 1.82) is 0 Å². The number of aliphatic hydroxyl groups is 1. The Hall–Kier alpha value is -1.64. The topological polar surface area (TPSA) is 32.3 Å². The van der Waals surface area contributed by atoms with Crippen molar-refractivity contribution in [3.05, 3.63) is 71.8 Å². The molecule has 0 aromatic heterocycles. The molecule has 2 N–H and O–H groups in total. The number of hydrogen-bond donors (Lipinski definition) is 2. The molecule has 2 heteroatoms. The van der Waals surface area contributed by atoms with E-state index in [-0.39, 0.29) is 5.92 Å². The second-order valence-electron chi connectivity index (χ2n) is 5.49. The molecule has 104 valence electrons. The number of hydrogen-bond acceptors (Lipinski definition) is 2. The smallest absolute Gasteiger partial charge is 0.0873 e. The molecule has 20 heavy (non-hydrogen) atoms. The van der Waals surface area contributed by atoms with Crippen molar-refractivity contribution in [2.24, 2.45) is 0 Å². The van der Waals surface area contributed by atoms with Crippen LogP contribution < -0.4 is 5.32 Å². The summed E-state index contributed by atoms with van der Waals surface area (Å²) in [6.07, 6.45) is 1.85. The zero-order valence-corrected chi connectivity index (χ0v) is 11.6. The summed E-state index contributed by atoms with van der Waals surface area (Å²) in [5, 5.41) is 14.4. The molecule has 1 aliphatic heterocycles. The molecule has 1 saturated heterocycles. The second-order valence-corrected chi connectivity index (χ2v) is 5.49. The van der Waals surface area contributed by atoms with Crippen LogP contribution in [0.25, 0.3) is 0 Å². The molecule has 3 rings (SSSR count). The Balaban J connectivity index is 1.93. The lowest BCUT2D eigenvalue weighted by molar-refractivity contribution is 0.128. The summed E-state index contributed by atoms with van der Waals surface area (Å²) in [6.45, 7) is 1.05. The Kier molecular flexibility index (Phi) is 4.14. The lowest BCUT2D eigenvalue weighted by Crippen LogP contribution is -2.32. The molecule has 1 aliphatic rings. The molecule has 3 atom stereocenters. The lowest BCUT2D eigenvalue weighted by Gasteiger charge is -2.29. The maximum atomic E-state index is 10.9. The quantitative estimate of drug-likeness (QED) is 0.891. The maximum Gasteiger partial charge on any atom is 0.0873 e. The summed E-state index contributed by atoms with van der Waals surface area (Å²) < 4.78 is 0. The summed E-state index contributed by atoms with van der Waals surface area (Å²) in [5.41, 5.74) is 2.21. The van der Waals surface area contributed by atoms with E-state index in [9.17, 15) is 5.11 Å². The molecule has 0 spiro atoms. The van der Waals surface area contributed by atoms with Crippen molar-refractivity contribution in [2.75, 3.05) is 6.54 Å². The Morgan fingerprint density at radius 2 is 1.50 bits per heavy atom. The molecule has 1 unspecified atom stereocenters. The van der Waals surface area contributed by atoms with E-state index in [2.05, 4.69) is 29.6 Å². The molecule has 0 aliphatic carbocycles. The van der Waals surface area contributed by atoms with Gasteiger partial charge in [-0.3, -0.25) is 0 Å². The third-order valence-corrected chi connectivity index (χ3v) is 4.20. The minimum Gasteiger partial charge on any atom is -0.388 e. The van der Waals surface area contributed by atoms with Crippen LogP contribution in [-0.2, 0) is 0 Å². The molecular weight excluding hydrogens is 246 g/mol. The zero-order chi connectivity index (χ0) is 13.8. The molecule has 0 amide bonds. The number of nitrogens with one attached hydrogen (secondary N) is 1. The van der Waals surface area contributed by atoms with Crippen molar-refractivity contribution in [3.8, 4) is 0 Å². The van der Waals surface area contributed by atoms with Gasteiger partial charge < -0.3 is 10.4 Å². The van der Waals surface area contributed by atoms with E-state index in [0.717, 1.165) is 18.5 Å². The van der Waals surface area contributed by atoms with Crippen LogP contribution in [0.15, 0.2) is 60.7 Å². The molecule has 1 heterocycles. The van der Waals surface area contributed by atoms with Crippen LogP contribution in [0.5, 0.6) is 0 Å². The normalized spacial score (nSPS) is 21.6. The van der Waals surface area contributed by atoms with E-state index in [1.54, 1.807) is 0 Å². The van der Waals surface area contributed by atoms with Gasteiger partial charge >= 0.3 is 0 Å². The maximum absolute atomic E-state index is 10.9. The predicted octanol–water partition coefficient (Wildman–Crippen LogP) is 3.26. The van der Waals surface area contributed by atoms with Gasteiger partial charge in [-0.05, 0) is 30.5 Å². The summed E-state index contributed by atoms with van der Waals surface area (Å²) in [6, 6.07) is 20.7. The second kappa shape index (κ2) is 6.21. The van der Waals surface area contributed by atoms with Crippen LogP contribution in [0, 0.1) is 0 Å². The standard InChI is InChI=1S/C18H21NO/c20-18(15-10-5-2-6-11-15)17(16-12-7-13-19-16)14-8-3-1-4-9-14/h1-6,8-11,16-20H,7,12-13H2/t16-,17?,18-/m0/s1. The predicted molar refractivity (Wildman–Crippen MR) is 81.6 cm³/mol. The van der Waals surface area contributed by atoms with Crippen LogP contribution in [0.2, 0.25) is 0 Å². The van der Waals surface area contributed by atoms with Gasteiger partial charge in [0.15, 0.2) is 0 Å². The number of aliphatic hydroxyl groups excluding tert-OH is 1. The van der Waals surface area contributed by atoms with Gasteiger partial charge in [0.2, 0.25) is 0 Å². The fourth-order valence-corrected chi connectivity index (χ4v) is 3.19. The number of benzene rings is 2. The van der Waals surface area contributed by atoms with Gasteiger partial charge in [-0.1, -0.05) is 60.7 Å².